The van der Waals surface area contributed by atoms with E-state index in [2.05, 4.69) is 12.2 Å². The Morgan fingerprint density at radius 3 is 2.50 bits per heavy atom. The van der Waals surface area contributed by atoms with Crippen molar-refractivity contribution in [2.45, 2.75) is 26.7 Å². The van der Waals surface area contributed by atoms with Crippen LogP contribution in [-0.2, 0) is 20.7 Å². The fraction of sp³-hybridized carbons (Fsp3) is 0.318. The first-order valence-electron chi connectivity index (χ1n) is 9.49. The van der Waals surface area contributed by atoms with Gasteiger partial charge in [-0.2, -0.15) is 0 Å². The molecule has 6 nitrogen and oxygen atoms in total. The van der Waals surface area contributed by atoms with Gasteiger partial charge in [-0.15, -0.1) is 0 Å². The number of carbonyl (C=O) groups is 3. The molecule has 1 N–H and O–H groups in total. The van der Waals surface area contributed by atoms with Gasteiger partial charge in [0.25, 0.3) is 0 Å². The molecule has 1 fully saturated rings. The van der Waals surface area contributed by atoms with Gasteiger partial charge in [-0.05, 0) is 43.2 Å². The Morgan fingerprint density at radius 2 is 1.82 bits per heavy atom. The fourth-order valence-electron chi connectivity index (χ4n) is 3.26. The van der Waals surface area contributed by atoms with Crippen LogP contribution in [0.4, 0.5) is 11.4 Å². The number of esters is 1. The van der Waals surface area contributed by atoms with Crippen LogP contribution in [0.15, 0.2) is 48.5 Å². The zero-order chi connectivity index (χ0) is 20.1. The Kier molecular flexibility index (Phi) is 6.09. The SMILES string of the molecule is CCOC(=O)c1ccccc1NC(=O)[C@@H]1CC(=O)N(c2ccc(CC)cc2)C1. The quantitative estimate of drug-likeness (QED) is 0.779. The summed E-state index contributed by atoms with van der Waals surface area (Å²) in [7, 11) is 0. The topological polar surface area (TPSA) is 75.7 Å². The van der Waals surface area contributed by atoms with Crippen molar-refractivity contribution in [1.29, 1.82) is 0 Å². The van der Waals surface area contributed by atoms with Gasteiger partial charge >= 0.3 is 5.97 Å². The number of hydrogen-bond donors (Lipinski definition) is 1. The maximum absolute atomic E-state index is 12.7. The van der Waals surface area contributed by atoms with Crippen molar-refractivity contribution in [3.05, 3.63) is 59.7 Å². The van der Waals surface area contributed by atoms with Gasteiger partial charge in [-0.3, -0.25) is 9.59 Å². The molecule has 2 aromatic rings. The van der Waals surface area contributed by atoms with E-state index in [4.69, 9.17) is 4.74 Å². The van der Waals surface area contributed by atoms with Gasteiger partial charge in [0.05, 0.1) is 23.8 Å². The third-order valence-electron chi connectivity index (χ3n) is 4.83. The zero-order valence-electron chi connectivity index (χ0n) is 16.1. The third kappa shape index (κ3) is 4.22. The number of amides is 2. The second-order valence-electron chi connectivity index (χ2n) is 6.68. The summed E-state index contributed by atoms with van der Waals surface area (Å²) >= 11 is 0. The Morgan fingerprint density at radius 1 is 1.11 bits per heavy atom. The van der Waals surface area contributed by atoms with E-state index in [0.717, 1.165) is 12.1 Å². The van der Waals surface area contributed by atoms with Crippen molar-refractivity contribution >= 4 is 29.2 Å². The molecule has 1 saturated heterocycles. The average Bonchev–Trinajstić information content (AvgIpc) is 3.10. The minimum absolute atomic E-state index is 0.0805. The molecule has 146 valence electrons. The molecule has 0 bridgehead atoms. The summed E-state index contributed by atoms with van der Waals surface area (Å²) in [6, 6.07) is 14.5. The number of nitrogens with one attached hydrogen (secondary N) is 1. The summed E-state index contributed by atoms with van der Waals surface area (Å²) in [5.74, 6) is -1.33. The molecule has 1 aliphatic heterocycles. The van der Waals surface area contributed by atoms with Crippen molar-refractivity contribution in [3.63, 3.8) is 0 Å². The third-order valence-corrected chi connectivity index (χ3v) is 4.83. The van der Waals surface area contributed by atoms with Gasteiger partial charge in [0.15, 0.2) is 0 Å². The number of nitrogens with zero attached hydrogens (tertiary/aromatic N) is 1. The smallest absolute Gasteiger partial charge is 0.340 e. The molecule has 28 heavy (non-hydrogen) atoms. The summed E-state index contributed by atoms with van der Waals surface area (Å²) < 4.78 is 5.03. The molecule has 2 aromatic carbocycles. The van der Waals surface area contributed by atoms with Crippen molar-refractivity contribution in [2.75, 3.05) is 23.4 Å². The molecule has 1 heterocycles. The van der Waals surface area contributed by atoms with E-state index < -0.39 is 11.9 Å². The summed E-state index contributed by atoms with van der Waals surface area (Å²) in [5.41, 5.74) is 2.68. The maximum Gasteiger partial charge on any atom is 0.340 e. The van der Waals surface area contributed by atoms with E-state index in [1.165, 1.54) is 5.56 Å². The van der Waals surface area contributed by atoms with E-state index in [0.29, 0.717) is 17.8 Å². The molecule has 0 saturated carbocycles. The normalized spacial score (nSPS) is 16.1. The number of ether oxygens (including phenoxy) is 1. The lowest BCUT2D eigenvalue weighted by Crippen LogP contribution is -2.28. The lowest BCUT2D eigenvalue weighted by molar-refractivity contribution is -0.122. The van der Waals surface area contributed by atoms with Crippen molar-refractivity contribution in [1.82, 2.24) is 0 Å². The largest absolute Gasteiger partial charge is 0.462 e. The zero-order valence-corrected chi connectivity index (χ0v) is 16.1. The Labute approximate surface area is 164 Å². The van der Waals surface area contributed by atoms with E-state index in [-0.39, 0.29) is 24.8 Å². The van der Waals surface area contributed by atoms with Crippen LogP contribution in [0.1, 0.15) is 36.2 Å². The van der Waals surface area contributed by atoms with Crippen LogP contribution in [-0.4, -0.2) is 30.9 Å². The van der Waals surface area contributed by atoms with Gasteiger partial charge in [-0.25, -0.2) is 4.79 Å². The van der Waals surface area contributed by atoms with E-state index in [1.807, 2.05) is 24.3 Å². The van der Waals surface area contributed by atoms with Gasteiger partial charge in [0.1, 0.15) is 0 Å². The maximum atomic E-state index is 12.7. The van der Waals surface area contributed by atoms with Crippen LogP contribution in [0.25, 0.3) is 0 Å². The fourth-order valence-corrected chi connectivity index (χ4v) is 3.26. The van der Waals surface area contributed by atoms with Crippen LogP contribution >= 0.6 is 0 Å². The van der Waals surface area contributed by atoms with Crippen molar-refractivity contribution in [2.24, 2.45) is 5.92 Å². The minimum Gasteiger partial charge on any atom is -0.462 e. The second kappa shape index (κ2) is 8.69. The number of benzene rings is 2. The first kappa shape index (κ1) is 19.6. The molecular formula is C22H24N2O4. The van der Waals surface area contributed by atoms with E-state index in [9.17, 15) is 14.4 Å². The standard InChI is InChI=1S/C22H24N2O4/c1-3-15-9-11-17(12-10-15)24-14-16(13-20(24)25)21(26)23-19-8-6-5-7-18(19)22(27)28-4-2/h5-12,16H,3-4,13-14H2,1-2H3,(H,23,26)/t16-/m1/s1. The predicted molar refractivity (Wildman–Crippen MR) is 107 cm³/mol. The summed E-state index contributed by atoms with van der Waals surface area (Å²) in [6.45, 7) is 4.37. The number of para-hydroxylation sites is 1. The number of hydrogen-bond acceptors (Lipinski definition) is 4. The van der Waals surface area contributed by atoms with Gasteiger partial charge in [-0.1, -0.05) is 31.2 Å². The minimum atomic E-state index is -0.487. The molecule has 1 aliphatic rings. The Hall–Kier alpha value is -3.15. The van der Waals surface area contributed by atoms with Crippen molar-refractivity contribution in [3.8, 4) is 0 Å². The molecule has 2 amide bonds. The lowest BCUT2D eigenvalue weighted by atomic mass is 10.1. The van der Waals surface area contributed by atoms with Crippen LogP contribution in [0.3, 0.4) is 0 Å². The molecule has 0 spiro atoms. The molecule has 6 heteroatoms. The molecule has 0 unspecified atom stereocenters. The summed E-state index contributed by atoms with van der Waals surface area (Å²) in [6.07, 6.45) is 1.07. The number of anilines is 2. The molecule has 0 aliphatic carbocycles. The highest BCUT2D eigenvalue weighted by Crippen LogP contribution is 2.27. The first-order chi connectivity index (χ1) is 13.5. The van der Waals surface area contributed by atoms with Gasteiger partial charge in [0.2, 0.25) is 11.8 Å². The molecule has 1 atom stereocenters. The molecule has 0 radical (unpaired) electrons. The van der Waals surface area contributed by atoms with Crippen LogP contribution in [0, 0.1) is 5.92 Å². The van der Waals surface area contributed by atoms with Gasteiger partial charge < -0.3 is 15.0 Å². The highest BCUT2D eigenvalue weighted by molar-refractivity contribution is 6.06. The average molecular weight is 380 g/mol. The highest BCUT2D eigenvalue weighted by atomic mass is 16.5. The molecular weight excluding hydrogens is 356 g/mol. The Balaban J connectivity index is 1.71. The van der Waals surface area contributed by atoms with Crippen LogP contribution < -0.4 is 10.2 Å². The number of rotatable bonds is 6. The number of carbonyl (C=O) groups excluding carboxylic acids is 3. The number of aryl methyl sites for hydroxylation is 1. The highest BCUT2D eigenvalue weighted by Gasteiger charge is 2.35. The van der Waals surface area contributed by atoms with Crippen LogP contribution in [0.5, 0.6) is 0 Å². The van der Waals surface area contributed by atoms with Crippen molar-refractivity contribution < 1.29 is 19.1 Å². The van der Waals surface area contributed by atoms with Gasteiger partial charge in [0, 0.05) is 18.7 Å². The first-order valence-corrected chi connectivity index (χ1v) is 9.49. The second-order valence-corrected chi connectivity index (χ2v) is 6.68. The lowest BCUT2D eigenvalue weighted by Gasteiger charge is -2.17. The van der Waals surface area contributed by atoms with E-state index in [1.54, 1.807) is 36.1 Å². The predicted octanol–water partition coefficient (Wildman–Crippen LogP) is 3.42. The van der Waals surface area contributed by atoms with Crippen LogP contribution in [0.2, 0.25) is 0 Å². The van der Waals surface area contributed by atoms with E-state index >= 15 is 0 Å². The molecule has 3 rings (SSSR count). The summed E-state index contributed by atoms with van der Waals surface area (Å²) in [5, 5.41) is 2.78. The Bertz CT molecular complexity index is 876. The monoisotopic (exact) mass is 380 g/mol. The summed E-state index contributed by atoms with van der Waals surface area (Å²) in [4.78, 5) is 38.9. The molecule has 0 aromatic heterocycles.